The molecule has 1 aliphatic rings. The SMILES string of the molecule is COc1ccc(S(=O)(=O)N(C)C2CCCCC2)cc1C(=O)NC(C)C. The first-order valence-corrected chi connectivity index (χ1v) is 10.2. The third-order valence-electron chi connectivity index (χ3n) is 4.60. The zero-order chi connectivity index (χ0) is 18.6. The molecule has 0 radical (unpaired) electrons. The van der Waals surface area contributed by atoms with E-state index < -0.39 is 10.0 Å². The van der Waals surface area contributed by atoms with Gasteiger partial charge < -0.3 is 10.1 Å². The van der Waals surface area contributed by atoms with E-state index in [-0.39, 0.29) is 28.4 Å². The van der Waals surface area contributed by atoms with Crippen LogP contribution in [0.2, 0.25) is 0 Å². The van der Waals surface area contributed by atoms with Crippen molar-refractivity contribution in [3.63, 3.8) is 0 Å². The molecule has 1 amide bonds. The first kappa shape index (κ1) is 19.7. The van der Waals surface area contributed by atoms with Gasteiger partial charge >= 0.3 is 0 Å². The molecule has 0 heterocycles. The van der Waals surface area contributed by atoms with Crippen molar-refractivity contribution in [2.75, 3.05) is 14.2 Å². The van der Waals surface area contributed by atoms with Crippen LogP contribution in [0.5, 0.6) is 5.75 Å². The minimum atomic E-state index is -3.65. The second-order valence-corrected chi connectivity index (χ2v) is 8.80. The predicted molar refractivity (Wildman–Crippen MR) is 97.4 cm³/mol. The summed E-state index contributed by atoms with van der Waals surface area (Å²) < 4.78 is 32.6. The summed E-state index contributed by atoms with van der Waals surface area (Å²) >= 11 is 0. The molecular formula is C18H28N2O4S. The highest BCUT2D eigenvalue weighted by Gasteiger charge is 2.30. The molecule has 1 N–H and O–H groups in total. The molecule has 0 saturated heterocycles. The van der Waals surface area contributed by atoms with E-state index in [0.29, 0.717) is 5.75 Å². The van der Waals surface area contributed by atoms with Crippen LogP contribution in [0.3, 0.4) is 0 Å². The van der Waals surface area contributed by atoms with E-state index in [1.54, 1.807) is 7.05 Å². The van der Waals surface area contributed by atoms with Gasteiger partial charge in [-0.3, -0.25) is 4.79 Å². The van der Waals surface area contributed by atoms with E-state index in [0.717, 1.165) is 32.1 Å². The van der Waals surface area contributed by atoms with Gasteiger partial charge in [0.25, 0.3) is 5.91 Å². The number of nitrogens with zero attached hydrogens (tertiary/aromatic N) is 1. The van der Waals surface area contributed by atoms with Crippen LogP contribution in [0.4, 0.5) is 0 Å². The molecule has 2 rings (SSSR count). The third kappa shape index (κ3) is 4.52. The maximum Gasteiger partial charge on any atom is 0.255 e. The summed E-state index contributed by atoms with van der Waals surface area (Å²) in [6, 6.07) is 4.41. The van der Waals surface area contributed by atoms with Crippen LogP contribution in [0.15, 0.2) is 23.1 Å². The molecule has 0 aromatic heterocycles. The van der Waals surface area contributed by atoms with Crippen molar-refractivity contribution in [1.29, 1.82) is 0 Å². The number of amides is 1. The van der Waals surface area contributed by atoms with Gasteiger partial charge in [-0.15, -0.1) is 0 Å². The number of hydrogen-bond acceptors (Lipinski definition) is 4. The third-order valence-corrected chi connectivity index (χ3v) is 6.51. The average molecular weight is 368 g/mol. The summed E-state index contributed by atoms with van der Waals surface area (Å²) in [4.78, 5) is 12.5. The highest BCUT2D eigenvalue weighted by Crippen LogP contribution is 2.29. The molecule has 1 saturated carbocycles. The van der Waals surface area contributed by atoms with Gasteiger partial charge in [0.05, 0.1) is 17.6 Å². The summed E-state index contributed by atoms with van der Waals surface area (Å²) in [7, 11) is -0.560. The Morgan fingerprint density at radius 3 is 2.44 bits per heavy atom. The number of carbonyl (C=O) groups is 1. The highest BCUT2D eigenvalue weighted by molar-refractivity contribution is 7.89. The first-order chi connectivity index (χ1) is 11.8. The number of rotatable bonds is 6. The molecule has 140 valence electrons. The lowest BCUT2D eigenvalue weighted by Gasteiger charge is -2.30. The van der Waals surface area contributed by atoms with Crippen LogP contribution in [-0.4, -0.2) is 44.9 Å². The fraction of sp³-hybridized carbons (Fsp3) is 0.611. The molecule has 0 unspecified atom stereocenters. The van der Waals surface area contributed by atoms with Gasteiger partial charge in [0.1, 0.15) is 5.75 Å². The van der Waals surface area contributed by atoms with E-state index in [4.69, 9.17) is 4.74 Å². The highest BCUT2D eigenvalue weighted by atomic mass is 32.2. The number of hydrogen-bond donors (Lipinski definition) is 1. The maximum atomic E-state index is 13.0. The number of methoxy groups -OCH3 is 1. The van der Waals surface area contributed by atoms with Gasteiger partial charge in [0, 0.05) is 19.1 Å². The lowest BCUT2D eigenvalue weighted by Crippen LogP contribution is -2.38. The Morgan fingerprint density at radius 1 is 1.24 bits per heavy atom. The summed E-state index contributed by atoms with van der Waals surface area (Å²) in [6.07, 6.45) is 5.02. The average Bonchev–Trinajstić information content (AvgIpc) is 2.60. The van der Waals surface area contributed by atoms with Gasteiger partial charge in [0.2, 0.25) is 10.0 Å². The zero-order valence-corrected chi connectivity index (χ0v) is 16.2. The van der Waals surface area contributed by atoms with Crippen molar-refractivity contribution in [3.8, 4) is 5.75 Å². The van der Waals surface area contributed by atoms with Crippen molar-refractivity contribution in [1.82, 2.24) is 9.62 Å². The van der Waals surface area contributed by atoms with E-state index in [2.05, 4.69) is 5.32 Å². The summed E-state index contributed by atoms with van der Waals surface area (Å²) in [5, 5.41) is 2.78. The standard InChI is InChI=1S/C18H28N2O4S/c1-13(2)19-18(21)16-12-15(10-11-17(16)24-4)25(22,23)20(3)14-8-6-5-7-9-14/h10-14H,5-9H2,1-4H3,(H,19,21). The molecule has 7 heteroatoms. The van der Waals surface area contributed by atoms with Gasteiger partial charge in [-0.25, -0.2) is 8.42 Å². The van der Waals surface area contributed by atoms with Crippen molar-refractivity contribution in [2.45, 2.75) is 62.9 Å². The molecule has 1 aromatic rings. The smallest absolute Gasteiger partial charge is 0.255 e. The van der Waals surface area contributed by atoms with Gasteiger partial charge in [0.15, 0.2) is 0 Å². The lowest BCUT2D eigenvalue weighted by atomic mass is 9.96. The Morgan fingerprint density at radius 2 is 1.88 bits per heavy atom. The minimum Gasteiger partial charge on any atom is -0.496 e. The Balaban J connectivity index is 2.35. The lowest BCUT2D eigenvalue weighted by molar-refractivity contribution is 0.0940. The minimum absolute atomic E-state index is 0.0220. The normalized spacial score (nSPS) is 16.2. The number of nitrogens with one attached hydrogen (secondary N) is 1. The number of carbonyl (C=O) groups excluding carboxylic acids is 1. The molecule has 0 spiro atoms. The molecule has 1 fully saturated rings. The van der Waals surface area contributed by atoms with Gasteiger partial charge in [-0.2, -0.15) is 4.31 Å². The number of benzene rings is 1. The molecule has 0 bridgehead atoms. The van der Waals surface area contributed by atoms with Crippen molar-refractivity contribution in [2.24, 2.45) is 0 Å². The fourth-order valence-corrected chi connectivity index (χ4v) is 4.61. The second-order valence-electron chi connectivity index (χ2n) is 6.80. The summed E-state index contributed by atoms with van der Waals surface area (Å²) in [5.41, 5.74) is 0.231. The van der Waals surface area contributed by atoms with Crippen LogP contribution < -0.4 is 10.1 Å². The van der Waals surface area contributed by atoms with Gasteiger partial charge in [-0.1, -0.05) is 19.3 Å². The largest absolute Gasteiger partial charge is 0.496 e. The fourth-order valence-electron chi connectivity index (χ4n) is 3.17. The van der Waals surface area contributed by atoms with E-state index in [1.165, 1.54) is 29.6 Å². The Bertz CT molecular complexity index is 710. The zero-order valence-electron chi connectivity index (χ0n) is 15.4. The Hall–Kier alpha value is -1.60. The monoisotopic (exact) mass is 368 g/mol. The molecule has 25 heavy (non-hydrogen) atoms. The van der Waals surface area contributed by atoms with Crippen molar-refractivity contribution >= 4 is 15.9 Å². The van der Waals surface area contributed by atoms with Crippen molar-refractivity contribution in [3.05, 3.63) is 23.8 Å². The second kappa shape index (κ2) is 8.19. The van der Waals surface area contributed by atoms with E-state index >= 15 is 0 Å². The topological polar surface area (TPSA) is 75.7 Å². The molecule has 0 atom stereocenters. The van der Waals surface area contributed by atoms with Crippen LogP contribution in [-0.2, 0) is 10.0 Å². The molecular weight excluding hydrogens is 340 g/mol. The molecule has 1 aliphatic carbocycles. The number of sulfonamides is 1. The van der Waals surface area contributed by atoms with E-state index in [9.17, 15) is 13.2 Å². The summed E-state index contributed by atoms with van der Waals surface area (Å²) in [5.74, 6) is 0.0154. The summed E-state index contributed by atoms with van der Waals surface area (Å²) in [6.45, 7) is 3.70. The molecule has 6 nitrogen and oxygen atoms in total. The van der Waals surface area contributed by atoms with Crippen molar-refractivity contribution < 1.29 is 17.9 Å². The van der Waals surface area contributed by atoms with E-state index in [1.807, 2.05) is 13.8 Å². The van der Waals surface area contributed by atoms with Crippen LogP contribution in [0.1, 0.15) is 56.3 Å². The first-order valence-electron chi connectivity index (χ1n) is 8.74. The Kier molecular flexibility index (Phi) is 6.46. The maximum absolute atomic E-state index is 13.0. The Labute approximate surface area is 150 Å². The van der Waals surface area contributed by atoms with Crippen LogP contribution in [0, 0.1) is 0 Å². The number of ether oxygens (including phenoxy) is 1. The molecule has 1 aromatic carbocycles. The quantitative estimate of drug-likeness (QED) is 0.838. The van der Waals surface area contributed by atoms with Crippen LogP contribution in [0.25, 0.3) is 0 Å². The van der Waals surface area contributed by atoms with Gasteiger partial charge in [-0.05, 0) is 44.9 Å². The predicted octanol–water partition coefficient (Wildman–Crippen LogP) is 2.79. The molecule has 0 aliphatic heterocycles. The van der Waals surface area contributed by atoms with Crippen LogP contribution >= 0.6 is 0 Å².